The number of nitriles is 1. The van der Waals surface area contributed by atoms with Gasteiger partial charge in [-0.1, -0.05) is 6.42 Å². The van der Waals surface area contributed by atoms with Gasteiger partial charge >= 0.3 is 0 Å². The summed E-state index contributed by atoms with van der Waals surface area (Å²) in [5.74, 6) is 1.85. The molecule has 2 fully saturated rings. The minimum absolute atomic E-state index is 0.753. The molecule has 82 valence electrons. The van der Waals surface area contributed by atoms with Crippen LogP contribution in [0.3, 0.4) is 0 Å². The van der Waals surface area contributed by atoms with Crippen LogP contribution < -0.4 is 4.90 Å². The van der Waals surface area contributed by atoms with E-state index < -0.39 is 0 Å². The van der Waals surface area contributed by atoms with E-state index in [0.717, 1.165) is 17.4 Å². The summed E-state index contributed by atoms with van der Waals surface area (Å²) >= 11 is 0. The van der Waals surface area contributed by atoms with Crippen molar-refractivity contribution in [1.82, 2.24) is 0 Å². The smallest absolute Gasteiger partial charge is 0.0991 e. The highest BCUT2D eigenvalue weighted by Gasteiger charge is 2.35. The predicted molar refractivity (Wildman–Crippen MR) is 64.2 cm³/mol. The Bertz CT molecular complexity index is 403. The first-order chi connectivity index (χ1) is 7.86. The van der Waals surface area contributed by atoms with Crippen LogP contribution in [0.2, 0.25) is 0 Å². The van der Waals surface area contributed by atoms with E-state index in [2.05, 4.69) is 23.1 Å². The predicted octanol–water partition coefficient (Wildman–Crippen LogP) is 2.79. The van der Waals surface area contributed by atoms with Gasteiger partial charge in [-0.2, -0.15) is 5.26 Å². The normalized spacial score (nSPS) is 27.8. The van der Waals surface area contributed by atoms with E-state index in [1.807, 2.05) is 12.1 Å². The van der Waals surface area contributed by atoms with Crippen molar-refractivity contribution in [1.29, 1.82) is 5.26 Å². The Labute approximate surface area is 96.5 Å². The van der Waals surface area contributed by atoms with Crippen molar-refractivity contribution in [3.63, 3.8) is 0 Å². The highest BCUT2D eigenvalue weighted by molar-refractivity contribution is 5.50. The van der Waals surface area contributed by atoms with E-state index in [-0.39, 0.29) is 0 Å². The first kappa shape index (κ1) is 9.72. The number of hydrogen-bond acceptors (Lipinski definition) is 2. The minimum Gasteiger partial charge on any atom is -0.371 e. The second kappa shape index (κ2) is 3.83. The molecule has 1 aromatic rings. The Kier molecular flexibility index (Phi) is 2.32. The Morgan fingerprint density at radius 2 is 1.69 bits per heavy atom. The van der Waals surface area contributed by atoms with Crippen LogP contribution in [0.4, 0.5) is 5.69 Å². The molecule has 2 aliphatic rings. The quantitative estimate of drug-likeness (QED) is 0.715. The summed E-state index contributed by atoms with van der Waals surface area (Å²) in [5, 5.41) is 8.76. The van der Waals surface area contributed by atoms with Gasteiger partial charge in [0.15, 0.2) is 0 Å². The molecule has 2 nitrogen and oxygen atoms in total. The molecular formula is C14H16N2. The lowest BCUT2D eigenvalue weighted by atomic mass is 10.0. The molecule has 1 aromatic carbocycles. The summed E-state index contributed by atoms with van der Waals surface area (Å²) in [6.45, 7) is 2.44. The molecule has 0 aromatic heterocycles. The minimum atomic E-state index is 0.753. The summed E-state index contributed by atoms with van der Waals surface area (Å²) in [6.07, 6.45) is 4.26. The molecule has 1 aliphatic carbocycles. The van der Waals surface area contributed by atoms with Gasteiger partial charge in [0.1, 0.15) is 0 Å². The maximum atomic E-state index is 8.76. The van der Waals surface area contributed by atoms with Crippen molar-refractivity contribution >= 4 is 5.69 Å². The zero-order chi connectivity index (χ0) is 11.0. The van der Waals surface area contributed by atoms with E-state index in [0.29, 0.717) is 0 Å². The van der Waals surface area contributed by atoms with Crippen LogP contribution in [-0.2, 0) is 0 Å². The Morgan fingerprint density at radius 3 is 2.25 bits per heavy atom. The maximum absolute atomic E-state index is 8.76. The van der Waals surface area contributed by atoms with Crippen LogP contribution in [-0.4, -0.2) is 13.1 Å². The first-order valence-corrected chi connectivity index (χ1v) is 6.12. The Balaban J connectivity index is 1.76. The van der Waals surface area contributed by atoms with Crippen LogP contribution in [0.1, 0.15) is 24.8 Å². The van der Waals surface area contributed by atoms with Gasteiger partial charge in [-0.15, -0.1) is 0 Å². The fraction of sp³-hybridized carbons (Fsp3) is 0.500. The summed E-state index contributed by atoms with van der Waals surface area (Å²) in [7, 11) is 0. The molecule has 16 heavy (non-hydrogen) atoms. The fourth-order valence-corrected chi connectivity index (χ4v) is 3.19. The van der Waals surface area contributed by atoms with Crippen molar-refractivity contribution in [3.05, 3.63) is 29.8 Å². The summed E-state index contributed by atoms with van der Waals surface area (Å²) in [4.78, 5) is 2.48. The third-order valence-corrected chi connectivity index (χ3v) is 4.09. The molecule has 1 saturated carbocycles. The molecule has 1 aliphatic heterocycles. The number of benzene rings is 1. The van der Waals surface area contributed by atoms with E-state index in [9.17, 15) is 0 Å². The lowest BCUT2D eigenvalue weighted by molar-refractivity contribution is 0.494. The molecule has 3 rings (SSSR count). The zero-order valence-corrected chi connectivity index (χ0v) is 9.39. The van der Waals surface area contributed by atoms with Gasteiger partial charge < -0.3 is 4.90 Å². The Morgan fingerprint density at radius 1 is 1.06 bits per heavy atom. The highest BCUT2D eigenvalue weighted by atomic mass is 15.2. The molecule has 2 heteroatoms. The van der Waals surface area contributed by atoms with Gasteiger partial charge in [0.2, 0.25) is 0 Å². The van der Waals surface area contributed by atoms with Crippen molar-refractivity contribution in [2.24, 2.45) is 11.8 Å². The van der Waals surface area contributed by atoms with Gasteiger partial charge in [-0.05, 0) is 48.9 Å². The number of nitrogens with zero attached hydrogens (tertiary/aromatic N) is 2. The van der Waals surface area contributed by atoms with Gasteiger partial charge in [0, 0.05) is 18.8 Å². The van der Waals surface area contributed by atoms with Gasteiger partial charge in [0.05, 0.1) is 11.6 Å². The van der Waals surface area contributed by atoms with Crippen molar-refractivity contribution in [2.75, 3.05) is 18.0 Å². The van der Waals surface area contributed by atoms with E-state index >= 15 is 0 Å². The summed E-state index contributed by atoms with van der Waals surface area (Å²) < 4.78 is 0. The second-order valence-electron chi connectivity index (χ2n) is 5.01. The fourth-order valence-electron chi connectivity index (χ4n) is 3.19. The van der Waals surface area contributed by atoms with Gasteiger partial charge in [0.25, 0.3) is 0 Å². The zero-order valence-electron chi connectivity index (χ0n) is 9.39. The van der Waals surface area contributed by atoms with Crippen LogP contribution in [0, 0.1) is 23.2 Å². The largest absolute Gasteiger partial charge is 0.371 e. The van der Waals surface area contributed by atoms with E-state index in [4.69, 9.17) is 5.26 Å². The van der Waals surface area contributed by atoms with Crippen LogP contribution in [0.5, 0.6) is 0 Å². The lowest BCUT2D eigenvalue weighted by Gasteiger charge is -2.19. The molecule has 0 amide bonds. The maximum Gasteiger partial charge on any atom is 0.0991 e. The molecule has 0 radical (unpaired) electrons. The van der Waals surface area contributed by atoms with Crippen LogP contribution in [0.25, 0.3) is 0 Å². The monoisotopic (exact) mass is 212 g/mol. The summed E-state index contributed by atoms with van der Waals surface area (Å²) in [5.41, 5.74) is 2.04. The lowest BCUT2D eigenvalue weighted by Crippen LogP contribution is -2.20. The molecule has 1 heterocycles. The number of fused-ring (bicyclic) bond motifs is 1. The molecule has 1 saturated heterocycles. The van der Waals surface area contributed by atoms with Crippen LogP contribution >= 0.6 is 0 Å². The first-order valence-electron chi connectivity index (χ1n) is 6.12. The second-order valence-corrected chi connectivity index (χ2v) is 5.01. The molecular weight excluding hydrogens is 196 g/mol. The topological polar surface area (TPSA) is 27.0 Å². The highest BCUT2D eigenvalue weighted by Crippen LogP contribution is 2.39. The van der Waals surface area contributed by atoms with Gasteiger partial charge in [-0.3, -0.25) is 0 Å². The number of anilines is 1. The van der Waals surface area contributed by atoms with Gasteiger partial charge in [-0.25, -0.2) is 0 Å². The third-order valence-electron chi connectivity index (χ3n) is 4.09. The summed E-state index contributed by atoms with van der Waals surface area (Å²) in [6, 6.07) is 10.2. The van der Waals surface area contributed by atoms with Crippen molar-refractivity contribution in [3.8, 4) is 6.07 Å². The molecule has 0 N–H and O–H groups in total. The van der Waals surface area contributed by atoms with E-state index in [1.54, 1.807) is 0 Å². The molecule has 0 bridgehead atoms. The standard InChI is InChI=1S/C14H16N2/c15-8-11-4-6-14(7-5-11)16-9-12-2-1-3-13(12)10-16/h4-7,12-13H,1-3,9-10H2. The van der Waals surface area contributed by atoms with Crippen molar-refractivity contribution < 1.29 is 0 Å². The third kappa shape index (κ3) is 1.57. The SMILES string of the molecule is N#Cc1ccc(N2CC3CCCC3C2)cc1. The number of rotatable bonds is 1. The Hall–Kier alpha value is -1.49. The average Bonchev–Trinajstić information content (AvgIpc) is 2.89. The average molecular weight is 212 g/mol. The van der Waals surface area contributed by atoms with Crippen LogP contribution in [0.15, 0.2) is 24.3 Å². The van der Waals surface area contributed by atoms with E-state index in [1.165, 1.54) is 38.0 Å². The molecule has 2 unspecified atom stereocenters. The molecule has 2 atom stereocenters. The molecule has 0 spiro atoms. The van der Waals surface area contributed by atoms with Crippen molar-refractivity contribution in [2.45, 2.75) is 19.3 Å². The number of hydrogen-bond donors (Lipinski definition) is 0.